The van der Waals surface area contributed by atoms with Crippen LogP contribution in [0.2, 0.25) is 0 Å². The Bertz CT molecular complexity index is 1090. The molecule has 35 heavy (non-hydrogen) atoms. The summed E-state index contributed by atoms with van der Waals surface area (Å²) in [7, 11) is 4.89. The van der Waals surface area contributed by atoms with Crippen LogP contribution in [0.3, 0.4) is 0 Å². The normalized spacial score (nSPS) is 13.7. The molecule has 0 aromatic heterocycles. The molecule has 0 radical (unpaired) electrons. The van der Waals surface area contributed by atoms with E-state index in [4.69, 9.17) is 31.2 Å². The van der Waals surface area contributed by atoms with Crippen LogP contribution in [0, 0.1) is 0 Å². The first-order valence-electron chi connectivity index (χ1n) is 11.5. The fourth-order valence-electron chi connectivity index (χ4n) is 4.03. The number of thiocarbonyl (C=S) groups is 1. The molecular weight excluding hydrogens is 462 g/mol. The van der Waals surface area contributed by atoms with Crippen LogP contribution in [0.5, 0.6) is 28.7 Å². The minimum Gasteiger partial charge on any atom is -0.493 e. The number of methoxy groups -OCH3 is 3. The van der Waals surface area contributed by atoms with Gasteiger partial charge in [0.2, 0.25) is 5.75 Å². The molecule has 1 fully saturated rings. The molecule has 0 aliphatic carbocycles. The molecule has 0 spiro atoms. The zero-order chi connectivity index (χ0) is 24.6. The van der Waals surface area contributed by atoms with E-state index in [-0.39, 0.29) is 0 Å². The number of benzene rings is 3. The summed E-state index contributed by atoms with van der Waals surface area (Å²) in [5, 5.41) is 4.08. The van der Waals surface area contributed by atoms with E-state index < -0.39 is 0 Å². The van der Waals surface area contributed by atoms with E-state index in [2.05, 4.69) is 15.1 Å². The summed E-state index contributed by atoms with van der Waals surface area (Å²) in [5.74, 6) is 3.55. The van der Waals surface area contributed by atoms with Crippen LogP contribution in [0.25, 0.3) is 0 Å². The maximum Gasteiger partial charge on any atom is 0.203 e. The monoisotopic (exact) mass is 493 g/mol. The third-order valence-corrected chi connectivity index (χ3v) is 6.23. The molecular formula is C27H31N3O4S. The number of rotatable bonds is 8. The van der Waals surface area contributed by atoms with E-state index >= 15 is 0 Å². The Morgan fingerprint density at radius 3 is 1.97 bits per heavy atom. The number of para-hydroxylation sites is 1. The molecule has 3 aromatic carbocycles. The van der Waals surface area contributed by atoms with Crippen molar-refractivity contribution in [1.82, 2.24) is 9.80 Å². The van der Waals surface area contributed by atoms with Crippen molar-refractivity contribution in [3.05, 3.63) is 72.3 Å². The van der Waals surface area contributed by atoms with Crippen molar-refractivity contribution in [2.45, 2.75) is 6.54 Å². The highest BCUT2D eigenvalue weighted by molar-refractivity contribution is 7.80. The molecule has 1 heterocycles. The smallest absolute Gasteiger partial charge is 0.203 e. The molecule has 3 aromatic rings. The van der Waals surface area contributed by atoms with Gasteiger partial charge in [-0.15, -0.1) is 0 Å². The summed E-state index contributed by atoms with van der Waals surface area (Å²) in [6, 6.07) is 21.6. The second-order valence-electron chi connectivity index (χ2n) is 8.17. The molecule has 0 atom stereocenters. The van der Waals surface area contributed by atoms with E-state index in [0.29, 0.717) is 17.2 Å². The van der Waals surface area contributed by atoms with Crippen LogP contribution in [-0.2, 0) is 6.54 Å². The predicted octanol–water partition coefficient (Wildman–Crippen LogP) is 5.02. The van der Waals surface area contributed by atoms with Gasteiger partial charge in [-0.2, -0.15) is 0 Å². The van der Waals surface area contributed by atoms with Crippen molar-refractivity contribution in [3.63, 3.8) is 0 Å². The average molecular weight is 494 g/mol. The van der Waals surface area contributed by atoms with E-state index in [0.717, 1.165) is 60.6 Å². The zero-order valence-corrected chi connectivity index (χ0v) is 21.1. The molecule has 1 saturated heterocycles. The van der Waals surface area contributed by atoms with Crippen molar-refractivity contribution in [1.29, 1.82) is 0 Å². The van der Waals surface area contributed by atoms with Gasteiger partial charge < -0.3 is 29.2 Å². The summed E-state index contributed by atoms with van der Waals surface area (Å²) in [6.45, 7) is 4.31. The summed E-state index contributed by atoms with van der Waals surface area (Å²) >= 11 is 5.67. The van der Waals surface area contributed by atoms with Gasteiger partial charge in [-0.25, -0.2) is 0 Å². The lowest BCUT2D eigenvalue weighted by atomic mass is 10.1. The highest BCUT2D eigenvalue weighted by atomic mass is 32.1. The van der Waals surface area contributed by atoms with Crippen LogP contribution in [0.1, 0.15) is 5.56 Å². The van der Waals surface area contributed by atoms with Crippen molar-refractivity contribution in [2.24, 2.45) is 0 Å². The van der Waals surface area contributed by atoms with E-state index in [1.165, 1.54) is 0 Å². The molecule has 4 rings (SSSR count). The van der Waals surface area contributed by atoms with Crippen molar-refractivity contribution in [2.75, 3.05) is 52.8 Å². The Morgan fingerprint density at radius 1 is 0.800 bits per heavy atom. The Labute approximate surface area is 212 Å². The van der Waals surface area contributed by atoms with Gasteiger partial charge in [0.1, 0.15) is 11.5 Å². The summed E-state index contributed by atoms with van der Waals surface area (Å²) in [6.07, 6.45) is 0. The second kappa shape index (κ2) is 11.8. The molecule has 0 bridgehead atoms. The van der Waals surface area contributed by atoms with E-state index in [1.807, 2.05) is 66.7 Å². The van der Waals surface area contributed by atoms with Crippen molar-refractivity contribution in [3.8, 4) is 28.7 Å². The number of hydrogen-bond acceptors (Lipinski definition) is 6. The maximum atomic E-state index is 5.86. The highest BCUT2D eigenvalue weighted by Crippen LogP contribution is 2.38. The van der Waals surface area contributed by atoms with Gasteiger partial charge in [0, 0.05) is 38.4 Å². The molecule has 184 valence electrons. The second-order valence-corrected chi connectivity index (χ2v) is 8.55. The first-order chi connectivity index (χ1) is 17.1. The topological polar surface area (TPSA) is 55.4 Å². The maximum absolute atomic E-state index is 5.86. The summed E-state index contributed by atoms with van der Waals surface area (Å²) in [4.78, 5) is 4.60. The van der Waals surface area contributed by atoms with Gasteiger partial charge in [0.05, 0.1) is 21.3 Å². The lowest BCUT2D eigenvalue weighted by Gasteiger charge is -2.36. The average Bonchev–Trinajstić information content (AvgIpc) is 2.90. The Kier molecular flexibility index (Phi) is 8.28. The molecule has 0 unspecified atom stereocenters. The third kappa shape index (κ3) is 6.35. The first kappa shape index (κ1) is 24.6. The van der Waals surface area contributed by atoms with Crippen LogP contribution in [0.4, 0.5) is 5.69 Å². The Morgan fingerprint density at radius 2 is 1.40 bits per heavy atom. The van der Waals surface area contributed by atoms with Gasteiger partial charge in [-0.3, -0.25) is 4.90 Å². The Balaban J connectivity index is 1.28. The number of anilines is 1. The predicted molar refractivity (Wildman–Crippen MR) is 142 cm³/mol. The van der Waals surface area contributed by atoms with Crippen molar-refractivity contribution >= 4 is 23.0 Å². The third-order valence-electron chi connectivity index (χ3n) is 5.87. The highest BCUT2D eigenvalue weighted by Gasteiger charge is 2.21. The summed E-state index contributed by atoms with van der Waals surface area (Å²) < 4.78 is 22.3. The van der Waals surface area contributed by atoms with Gasteiger partial charge >= 0.3 is 0 Å². The molecule has 1 aliphatic rings. The fourth-order valence-corrected chi connectivity index (χ4v) is 4.33. The SMILES string of the molecule is COc1cc(CN2CCN(C(=S)Nc3ccc(Oc4ccccc4)cc3)CC2)cc(OC)c1OC. The molecule has 7 nitrogen and oxygen atoms in total. The van der Waals surface area contributed by atoms with E-state index in [9.17, 15) is 0 Å². The Hall–Kier alpha value is -3.49. The number of nitrogens with zero attached hydrogens (tertiary/aromatic N) is 2. The van der Waals surface area contributed by atoms with Gasteiger partial charge in [-0.1, -0.05) is 18.2 Å². The molecule has 1 N–H and O–H groups in total. The fraction of sp³-hybridized carbons (Fsp3) is 0.296. The minimum absolute atomic E-state index is 0.611. The van der Waals surface area contributed by atoms with Gasteiger partial charge in [-0.05, 0) is 66.3 Å². The molecule has 0 saturated carbocycles. The molecule has 0 amide bonds. The van der Waals surface area contributed by atoms with Crippen LogP contribution >= 0.6 is 12.2 Å². The lowest BCUT2D eigenvalue weighted by molar-refractivity contribution is 0.176. The van der Waals surface area contributed by atoms with Crippen molar-refractivity contribution < 1.29 is 18.9 Å². The van der Waals surface area contributed by atoms with Crippen LogP contribution in [-0.4, -0.2) is 62.4 Å². The number of nitrogens with one attached hydrogen (secondary N) is 1. The molecule has 1 aliphatic heterocycles. The van der Waals surface area contributed by atoms with Crippen LogP contribution < -0.4 is 24.3 Å². The first-order valence-corrected chi connectivity index (χ1v) is 11.9. The number of piperazine rings is 1. The minimum atomic E-state index is 0.611. The van der Waals surface area contributed by atoms with E-state index in [1.54, 1.807) is 21.3 Å². The number of hydrogen-bond donors (Lipinski definition) is 1. The lowest BCUT2D eigenvalue weighted by Crippen LogP contribution is -2.49. The van der Waals surface area contributed by atoms with Gasteiger partial charge in [0.15, 0.2) is 16.6 Å². The largest absolute Gasteiger partial charge is 0.493 e. The standard InChI is InChI=1S/C27H31N3O4S/c1-31-24-17-20(18-25(32-2)26(24)33-3)19-29-13-15-30(16-14-29)27(35)28-21-9-11-23(12-10-21)34-22-7-5-4-6-8-22/h4-12,17-18H,13-16,19H2,1-3H3,(H,28,35). The number of ether oxygens (including phenoxy) is 4. The van der Waals surface area contributed by atoms with Crippen LogP contribution in [0.15, 0.2) is 66.7 Å². The summed E-state index contributed by atoms with van der Waals surface area (Å²) in [5.41, 5.74) is 2.06. The van der Waals surface area contributed by atoms with Gasteiger partial charge in [0.25, 0.3) is 0 Å². The quantitative estimate of drug-likeness (QED) is 0.439. The zero-order valence-electron chi connectivity index (χ0n) is 20.3. The molecule has 8 heteroatoms.